The van der Waals surface area contributed by atoms with Crippen LogP contribution in [0.25, 0.3) is 0 Å². The van der Waals surface area contributed by atoms with Crippen LogP contribution in [-0.2, 0) is 0 Å². The van der Waals surface area contributed by atoms with Crippen LogP contribution in [0.4, 0.5) is 0 Å². The van der Waals surface area contributed by atoms with Crippen LogP contribution in [0.5, 0.6) is 17.2 Å². The van der Waals surface area contributed by atoms with Gasteiger partial charge in [0.1, 0.15) is 5.75 Å². The average Bonchev–Trinajstić information content (AvgIpc) is 2.58. The Morgan fingerprint density at radius 1 is 1.21 bits per heavy atom. The average molecular weight is 393 g/mol. The molecule has 2 N–H and O–H groups in total. The Morgan fingerprint density at radius 2 is 1.92 bits per heavy atom. The summed E-state index contributed by atoms with van der Waals surface area (Å²) in [7, 11) is 3.02. The molecule has 0 saturated heterocycles. The molecule has 0 aliphatic heterocycles. The molecule has 1 amide bonds. The monoisotopic (exact) mass is 392 g/mol. The molecule has 0 aromatic heterocycles. The van der Waals surface area contributed by atoms with E-state index in [1.165, 1.54) is 20.4 Å². The second-order valence-electron chi connectivity index (χ2n) is 4.93. The number of amides is 1. The quantitative estimate of drug-likeness (QED) is 0.604. The maximum absolute atomic E-state index is 12.1. The summed E-state index contributed by atoms with van der Waals surface area (Å²) in [5.41, 5.74) is 3.99. The number of carbonyl (C=O) groups excluding carboxylic acids is 1. The number of ether oxygens (including phenoxy) is 2. The number of carbonyl (C=O) groups is 1. The van der Waals surface area contributed by atoms with Crippen molar-refractivity contribution >= 4 is 28.1 Å². The number of nitrogens with one attached hydrogen (secondary N) is 1. The van der Waals surface area contributed by atoms with E-state index in [0.717, 1.165) is 4.47 Å². The first-order valence-corrected chi connectivity index (χ1v) is 7.80. The van der Waals surface area contributed by atoms with Crippen LogP contribution >= 0.6 is 15.9 Å². The lowest BCUT2D eigenvalue weighted by Gasteiger charge is -2.08. The van der Waals surface area contributed by atoms with E-state index < -0.39 is 5.91 Å². The number of benzene rings is 2. The maximum atomic E-state index is 12.1. The number of hydrogen-bond donors (Lipinski definition) is 2. The minimum atomic E-state index is -0.404. The molecule has 0 fully saturated rings. The van der Waals surface area contributed by atoms with Crippen molar-refractivity contribution in [2.24, 2.45) is 5.10 Å². The van der Waals surface area contributed by atoms with Crippen LogP contribution in [0.2, 0.25) is 0 Å². The Balaban J connectivity index is 2.13. The predicted molar refractivity (Wildman–Crippen MR) is 95.2 cm³/mol. The van der Waals surface area contributed by atoms with E-state index in [2.05, 4.69) is 26.5 Å². The molecular weight excluding hydrogens is 376 g/mol. The number of aromatic hydroxyl groups is 1. The smallest absolute Gasteiger partial charge is 0.271 e. The Labute approximate surface area is 148 Å². The molecular formula is C17H17BrN2O4. The molecule has 0 saturated carbocycles. The van der Waals surface area contributed by atoms with Crippen LogP contribution < -0.4 is 14.9 Å². The van der Waals surface area contributed by atoms with Gasteiger partial charge in [-0.3, -0.25) is 4.79 Å². The van der Waals surface area contributed by atoms with Gasteiger partial charge in [-0.05, 0) is 42.8 Å². The SMILES string of the molecule is COc1ccc(C(=O)NN=Cc2cc(Br)cc(C)c2O)cc1OC. The van der Waals surface area contributed by atoms with E-state index in [9.17, 15) is 9.90 Å². The van der Waals surface area contributed by atoms with E-state index >= 15 is 0 Å². The summed E-state index contributed by atoms with van der Waals surface area (Å²) < 4.78 is 11.1. The topological polar surface area (TPSA) is 80.2 Å². The van der Waals surface area contributed by atoms with E-state index in [1.54, 1.807) is 37.3 Å². The zero-order valence-electron chi connectivity index (χ0n) is 13.5. The lowest BCUT2D eigenvalue weighted by atomic mass is 10.1. The minimum absolute atomic E-state index is 0.113. The van der Waals surface area contributed by atoms with Crippen molar-refractivity contribution in [2.45, 2.75) is 6.92 Å². The molecule has 2 rings (SSSR count). The number of hydrogen-bond acceptors (Lipinski definition) is 5. The first kappa shape index (κ1) is 17.8. The molecule has 2 aromatic carbocycles. The number of rotatable bonds is 5. The first-order valence-electron chi connectivity index (χ1n) is 7.00. The second-order valence-corrected chi connectivity index (χ2v) is 5.85. The molecule has 0 spiro atoms. The van der Waals surface area contributed by atoms with Crippen molar-refractivity contribution in [3.8, 4) is 17.2 Å². The molecule has 126 valence electrons. The highest BCUT2D eigenvalue weighted by molar-refractivity contribution is 9.10. The standard InChI is InChI=1S/C17H17BrN2O4/c1-10-6-13(18)7-12(16(10)21)9-19-20-17(22)11-4-5-14(23-2)15(8-11)24-3/h4-9,21H,1-3H3,(H,20,22). The second kappa shape index (κ2) is 7.83. The highest BCUT2D eigenvalue weighted by Gasteiger charge is 2.10. The van der Waals surface area contributed by atoms with Gasteiger partial charge in [0.15, 0.2) is 11.5 Å². The molecule has 24 heavy (non-hydrogen) atoms. The fraction of sp³-hybridized carbons (Fsp3) is 0.176. The van der Waals surface area contributed by atoms with Crippen LogP contribution in [-0.4, -0.2) is 31.4 Å². The van der Waals surface area contributed by atoms with E-state index in [-0.39, 0.29) is 5.75 Å². The van der Waals surface area contributed by atoms with E-state index in [0.29, 0.717) is 28.2 Å². The number of methoxy groups -OCH3 is 2. The Hall–Kier alpha value is -2.54. The fourth-order valence-electron chi connectivity index (χ4n) is 2.06. The van der Waals surface area contributed by atoms with Gasteiger partial charge in [-0.2, -0.15) is 5.10 Å². The molecule has 0 aliphatic rings. The zero-order chi connectivity index (χ0) is 17.7. The van der Waals surface area contributed by atoms with Gasteiger partial charge in [0.05, 0.1) is 20.4 Å². The van der Waals surface area contributed by atoms with Crippen LogP contribution in [0.3, 0.4) is 0 Å². The third-order valence-corrected chi connectivity index (χ3v) is 3.77. The number of nitrogens with zero attached hydrogens (tertiary/aromatic N) is 1. The molecule has 7 heteroatoms. The number of phenols is 1. The van der Waals surface area contributed by atoms with Gasteiger partial charge in [0, 0.05) is 15.6 Å². The Bertz CT molecular complexity index is 790. The van der Waals surface area contributed by atoms with Gasteiger partial charge < -0.3 is 14.6 Å². The van der Waals surface area contributed by atoms with Crippen LogP contribution in [0, 0.1) is 6.92 Å². The summed E-state index contributed by atoms with van der Waals surface area (Å²) in [6, 6.07) is 8.29. The maximum Gasteiger partial charge on any atom is 0.271 e. The summed E-state index contributed by atoms with van der Waals surface area (Å²) in [6.45, 7) is 1.78. The van der Waals surface area contributed by atoms with Crippen LogP contribution in [0.1, 0.15) is 21.5 Å². The van der Waals surface area contributed by atoms with Crippen molar-refractivity contribution in [1.82, 2.24) is 5.43 Å². The molecule has 0 heterocycles. The highest BCUT2D eigenvalue weighted by Crippen LogP contribution is 2.27. The lowest BCUT2D eigenvalue weighted by Crippen LogP contribution is -2.17. The predicted octanol–water partition coefficient (Wildman–Crippen LogP) is 3.24. The number of hydrazone groups is 1. The van der Waals surface area contributed by atoms with Crippen molar-refractivity contribution < 1.29 is 19.4 Å². The molecule has 0 radical (unpaired) electrons. The lowest BCUT2D eigenvalue weighted by molar-refractivity contribution is 0.0954. The van der Waals surface area contributed by atoms with E-state index in [4.69, 9.17) is 9.47 Å². The summed E-state index contributed by atoms with van der Waals surface area (Å²) in [6.07, 6.45) is 1.38. The highest BCUT2D eigenvalue weighted by atomic mass is 79.9. The molecule has 0 bridgehead atoms. The van der Waals surface area contributed by atoms with Crippen molar-refractivity contribution in [3.63, 3.8) is 0 Å². The third-order valence-electron chi connectivity index (χ3n) is 3.31. The van der Waals surface area contributed by atoms with Gasteiger partial charge in [0.25, 0.3) is 5.91 Å². The van der Waals surface area contributed by atoms with Crippen molar-refractivity contribution in [3.05, 3.63) is 51.5 Å². The molecule has 0 atom stereocenters. The summed E-state index contributed by atoms with van der Waals surface area (Å²) in [4.78, 5) is 12.1. The summed E-state index contributed by atoms with van der Waals surface area (Å²) in [5.74, 6) is 0.696. The number of aryl methyl sites for hydroxylation is 1. The Morgan fingerprint density at radius 3 is 2.58 bits per heavy atom. The van der Waals surface area contributed by atoms with Gasteiger partial charge >= 0.3 is 0 Å². The Kier molecular flexibility index (Phi) is 5.81. The normalized spacial score (nSPS) is 10.7. The number of halogens is 1. The minimum Gasteiger partial charge on any atom is -0.507 e. The zero-order valence-corrected chi connectivity index (χ0v) is 15.0. The molecule has 0 aliphatic carbocycles. The fourth-order valence-corrected chi connectivity index (χ4v) is 2.65. The third kappa shape index (κ3) is 4.05. The van der Waals surface area contributed by atoms with Gasteiger partial charge in [-0.1, -0.05) is 15.9 Å². The summed E-state index contributed by atoms with van der Waals surface area (Å²) in [5, 5.41) is 13.9. The number of phenolic OH excluding ortho intramolecular Hbond substituents is 1. The van der Waals surface area contributed by atoms with Gasteiger partial charge in [-0.15, -0.1) is 0 Å². The summed E-state index contributed by atoms with van der Waals surface area (Å²) >= 11 is 3.35. The van der Waals surface area contributed by atoms with Gasteiger partial charge in [0.2, 0.25) is 0 Å². The van der Waals surface area contributed by atoms with Crippen molar-refractivity contribution in [2.75, 3.05) is 14.2 Å². The molecule has 0 unspecified atom stereocenters. The molecule has 2 aromatic rings. The largest absolute Gasteiger partial charge is 0.507 e. The van der Waals surface area contributed by atoms with Gasteiger partial charge in [-0.25, -0.2) is 5.43 Å². The van der Waals surface area contributed by atoms with Crippen molar-refractivity contribution in [1.29, 1.82) is 0 Å². The van der Waals surface area contributed by atoms with E-state index in [1.807, 2.05) is 0 Å². The molecule has 6 nitrogen and oxygen atoms in total. The first-order chi connectivity index (χ1) is 11.5. The van der Waals surface area contributed by atoms with Crippen LogP contribution in [0.15, 0.2) is 39.9 Å².